The summed E-state index contributed by atoms with van der Waals surface area (Å²) in [6, 6.07) is 6.33. The Labute approximate surface area is 134 Å². The van der Waals surface area contributed by atoms with Gasteiger partial charge in [0.15, 0.2) is 0 Å². The lowest BCUT2D eigenvalue weighted by Crippen LogP contribution is -3.27. The van der Waals surface area contributed by atoms with E-state index in [1.54, 1.807) is 4.90 Å². The first kappa shape index (κ1) is 17.3. The normalized spacial score (nSPS) is 23.5. The number of quaternary nitrogens is 2. The van der Waals surface area contributed by atoms with Crippen molar-refractivity contribution in [2.75, 3.05) is 46.4 Å². The fraction of sp³-hybridized carbons (Fsp3) is 0.667. The molecule has 1 aliphatic rings. The standard InChI is InChI=1S/C18H30N2O2/c1-14(2)17-6-5-15(3)11-18(17)22-13-16(21)12-20-9-7-19(4)8-10-20/h5-6,11,14,16,21H,7-10,12-13H2,1-4H3/p+2/t16-/m0/s1. The topological polar surface area (TPSA) is 38.3 Å². The number of aryl methyl sites for hydroxylation is 1. The zero-order chi connectivity index (χ0) is 16.1. The largest absolute Gasteiger partial charge is 0.490 e. The number of hydrogen-bond acceptors (Lipinski definition) is 2. The Balaban J connectivity index is 1.85. The summed E-state index contributed by atoms with van der Waals surface area (Å²) >= 11 is 0. The smallest absolute Gasteiger partial charge is 0.137 e. The summed E-state index contributed by atoms with van der Waals surface area (Å²) in [5, 5.41) is 10.3. The summed E-state index contributed by atoms with van der Waals surface area (Å²) in [4.78, 5) is 3.09. The molecule has 3 N–H and O–H groups in total. The summed E-state index contributed by atoms with van der Waals surface area (Å²) in [7, 11) is 2.24. The third-order valence-electron chi connectivity index (χ3n) is 4.56. The van der Waals surface area contributed by atoms with E-state index in [-0.39, 0.29) is 0 Å². The first-order valence-corrected chi connectivity index (χ1v) is 8.52. The Morgan fingerprint density at radius 1 is 1.18 bits per heavy atom. The molecule has 1 saturated heterocycles. The first-order valence-electron chi connectivity index (χ1n) is 8.52. The van der Waals surface area contributed by atoms with Gasteiger partial charge in [-0.25, -0.2) is 0 Å². The van der Waals surface area contributed by atoms with E-state index in [1.165, 1.54) is 29.1 Å². The van der Waals surface area contributed by atoms with Crippen molar-refractivity contribution in [3.8, 4) is 5.75 Å². The minimum absolute atomic E-state index is 0.384. The molecule has 0 amide bonds. The summed E-state index contributed by atoms with van der Waals surface area (Å²) < 4.78 is 5.94. The number of benzene rings is 1. The summed E-state index contributed by atoms with van der Waals surface area (Å²) in [5.41, 5.74) is 2.41. The van der Waals surface area contributed by atoms with Gasteiger partial charge in [0.1, 0.15) is 51.2 Å². The lowest BCUT2D eigenvalue weighted by molar-refractivity contribution is -1.00. The molecule has 1 aromatic carbocycles. The molecule has 4 heteroatoms. The van der Waals surface area contributed by atoms with Crippen molar-refractivity contribution in [2.45, 2.75) is 32.8 Å². The maximum absolute atomic E-state index is 10.3. The molecule has 0 spiro atoms. The molecule has 0 unspecified atom stereocenters. The van der Waals surface area contributed by atoms with Gasteiger partial charge >= 0.3 is 0 Å². The van der Waals surface area contributed by atoms with Crippen LogP contribution in [0.1, 0.15) is 30.9 Å². The van der Waals surface area contributed by atoms with E-state index >= 15 is 0 Å². The Hall–Kier alpha value is -1.10. The molecule has 1 heterocycles. The molecule has 2 rings (SSSR count). The molecule has 22 heavy (non-hydrogen) atoms. The monoisotopic (exact) mass is 308 g/mol. The third-order valence-corrected chi connectivity index (χ3v) is 4.56. The highest BCUT2D eigenvalue weighted by molar-refractivity contribution is 5.39. The number of hydrogen-bond donors (Lipinski definition) is 3. The quantitative estimate of drug-likeness (QED) is 0.648. The minimum Gasteiger partial charge on any atom is -0.490 e. The second kappa shape index (κ2) is 7.95. The minimum atomic E-state index is -0.395. The third kappa shape index (κ3) is 4.97. The molecule has 124 valence electrons. The van der Waals surface area contributed by atoms with Crippen molar-refractivity contribution in [1.82, 2.24) is 0 Å². The van der Waals surface area contributed by atoms with E-state index in [2.05, 4.69) is 46.0 Å². The van der Waals surface area contributed by atoms with Crippen LogP contribution in [0.5, 0.6) is 5.75 Å². The predicted octanol–water partition coefficient (Wildman–Crippen LogP) is -0.729. The van der Waals surface area contributed by atoms with Crippen LogP contribution >= 0.6 is 0 Å². The van der Waals surface area contributed by atoms with Crippen molar-refractivity contribution >= 4 is 0 Å². The Morgan fingerprint density at radius 2 is 1.86 bits per heavy atom. The molecule has 0 saturated carbocycles. The van der Waals surface area contributed by atoms with Crippen molar-refractivity contribution < 1.29 is 19.6 Å². The lowest BCUT2D eigenvalue weighted by Gasteiger charge is -2.28. The Kier molecular flexibility index (Phi) is 6.24. The van der Waals surface area contributed by atoms with Crippen molar-refractivity contribution in [1.29, 1.82) is 0 Å². The van der Waals surface area contributed by atoms with Gasteiger partial charge in [-0.1, -0.05) is 26.0 Å². The average Bonchev–Trinajstić information content (AvgIpc) is 2.47. The second-order valence-electron chi connectivity index (χ2n) is 7.07. The van der Waals surface area contributed by atoms with E-state index in [4.69, 9.17) is 4.74 Å². The van der Waals surface area contributed by atoms with Gasteiger partial charge in [0.05, 0.1) is 7.05 Å². The second-order valence-corrected chi connectivity index (χ2v) is 7.07. The number of nitrogens with one attached hydrogen (secondary N) is 2. The van der Waals surface area contributed by atoms with Crippen LogP contribution in [0.25, 0.3) is 0 Å². The van der Waals surface area contributed by atoms with E-state index in [1.807, 2.05) is 0 Å². The average molecular weight is 308 g/mol. The van der Waals surface area contributed by atoms with E-state index in [9.17, 15) is 5.11 Å². The Bertz CT molecular complexity index is 468. The summed E-state index contributed by atoms with van der Waals surface area (Å²) in [6.07, 6.45) is -0.395. The molecule has 0 aliphatic carbocycles. The molecule has 0 radical (unpaired) electrons. The fourth-order valence-electron chi connectivity index (χ4n) is 3.06. The van der Waals surface area contributed by atoms with Crippen LogP contribution in [-0.2, 0) is 0 Å². The zero-order valence-electron chi connectivity index (χ0n) is 14.5. The molecule has 1 aromatic rings. The van der Waals surface area contributed by atoms with Crippen LogP contribution in [0, 0.1) is 6.92 Å². The SMILES string of the molecule is Cc1ccc(C(C)C)c(OC[C@@H](O)C[NH+]2CC[NH+](C)CC2)c1. The molecular weight excluding hydrogens is 276 g/mol. The van der Waals surface area contributed by atoms with Gasteiger partial charge in [-0.3, -0.25) is 0 Å². The maximum atomic E-state index is 10.3. The van der Waals surface area contributed by atoms with Gasteiger partial charge in [-0.2, -0.15) is 0 Å². The number of piperazine rings is 1. The molecule has 1 aliphatic heterocycles. The van der Waals surface area contributed by atoms with E-state index in [0.29, 0.717) is 12.5 Å². The number of aliphatic hydroxyl groups excluding tert-OH is 1. The highest BCUT2D eigenvalue weighted by Crippen LogP contribution is 2.27. The van der Waals surface area contributed by atoms with E-state index in [0.717, 1.165) is 25.4 Å². The molecule has 1 fully saturated rings. The summed E-state index contributed by atoms with van der Waals surface area (Å²) in [6.45, 7) is 12.3. The maximum Gasteiger partial charge on any atom is 0.137 e. The number of aliphatic hydroxyl groups is 1. The summed E-state index contributed by atoms with van der Waals surface area (Å²) in [5.74, 6) is 1.35. The molecular formula is C18H32N2O2+2. The van der Waals surface area contributed by atoms with Gasteiger partial charge in [0, 0.05) is 0 Å². The molecule has 0 aromatic heterocycles. The van der Waals surface area contributed by atoms with Crippen LogP contribution in [0.4, 0.5) is 0 Å². The van der Waals surface area contributed by atoms with Gasteiger partial charge < -0.3 is 19.6 Å². The van der Waals surface area contributed by atoms with E-state index < -0.39 is 6.10 Å². The van der Waals surface area contributed by atoms with Gasteiger partial charge in [0.25, 0.3) is 0 Å². The van der Waals surface area contributed by atoms with Crippen molar-refractivity contribution in [3.63, 3.8) is 0 Å². The highest BCUT2D eigenvalue weighted by Gasteiger charge is 2.23. The van der Waals surface area contributed by atoms with Crippen LogP contribution < -0.4 is 14.5 Å². The van der Waals surface area contributed by atoms with Crippen LogP contribution in [0.3, 0.4) is 0 Å². The number of likely N-dealkylation sites (N-methyl/N-ethyl adjacent to an activating group) is 1. The van der Waals surface area contributed by atoms with Crippen LogP contribution in [0.15, 0.2) is 18.2 Å². The number of rotatable bonds is 6. The van der Waals surface area contributed by atoms with Gasteiger partial charge in [-0.15, -0.1) is 0 Å². The Morgan fingerprint density at radius 3 is 2.50 bits per heavy atom. The molecule has 1 atom stereocenters. The zero-order valence-corrected chi connectivity index (χ0v) is 14.5. The fourth-order valence-corrected chi connectivity index (χ4v) is 3.06. The first-order chi connectivity index (χ1) is 10.5. The number of ether oxygens (including phenoxy) is 1. The highest BCUT2D eigenvalue weighted by atomic mass is 16.5. The molecule has 4 nitrogen and oxygen atoms in total. The lowest BCUT2D eigenvalue weighted by atomic mass is 10.0. The van der Waals surface area contributed by atoms with Crippen molar-refractivity contribution in [3.05, 3.63) is 29.3 Å². The van der Waals surface area contributed by atoms with Crippen LogP contribution in [0.2, 0.25) is 0 Å². The molecule has 0 bridgehead atoms. The van der Waals surface area contributed by atoms with Gasteiger partial charge in [0.2, 0.25) is 0 Å². The van der Waals surface area contributed by atoms with Crippen LogP contribution in [-0.4, -0.2) is 57.6 Å². The van der Waals surface area contributed by atoms with Gasteiger partial charge in [-0.05, 0) is 30.0 Å². The van der Waals surface area contributed by atoms with Crippen molar-refractivity contribution in [2.24, 2.45) is 0 Å². The predicted molar refractivity (Wildman–Crippen MR) is 89.0 cm³/mol.